The van der Waals surface area contributed by atoms with Crippen LogP contribution in [-0.2, 0) is 12.8 Å². The van der Waals surface area contributed by atoms with Crippen LogP contribution in [0.15, 0.2) is 39.1 Å². The number of amidine groups is 1. The van der Waals surface area contributed by atoms with Gasteiger partial charge in [-0.1, -0.05) is 15.9 Å². The van der Waals surface area contributed by atoms with Gasteiger partial charge in [-0.15, -0.1) is 11.3 Å². The van der Waals surface area contributed by atoms with Gasteiger partial charge in [-0.25, -0.2) is 0 Å². The topological polar surface area (TPSA) is 24.8 Å². The minimum Gasteiger partial charge on any atom is -0.496 e. The van der Waals surface area contributed by atoms with E-state index in [4.69, 9.17) is 4.74 Å². The lowest BCUT2D eigenvalue weighted by molar-refractivity contribution is 0.409. The number of hydrogen-bond donors (Lipinski definition) is 0. The predicted molar refractivity (Wildman–Crippen MR) is 96.5 cm³/mol. The van der Waals surface area contributed by atoms with Crippen LogP contribution in [0.5, 0.6) is 5.75 Å². The lowest BCUT2D eigenvalue weighted by Gasteiger charge is -2.14. The van der Waals surface area contributed by atoms with Gasteiger partial charge in [-0.3, -0.25) is 4.99 Å². The fourth-order valence-electron chi connectivity index (χ4n) is 2.75. The van der Waals surface area contributed by atoms with E-state index in [-0.39, 0.29) is 0 Å². The van der Waals surface area contributed by atoms with Crippen LogP contribution in [0.25, 0.3) is 0 Å². The first-order valence-electron chi connectivity index (χ1n) is 7.34. The number of rotatable bonds is 5. The van der Waals surface area contributed by atoms with E-state index in [1.807, 2.05) is 23.5 Å². The number of ether oxygens (including phenoxy) is 1. The number of nitrogens with zero attached hydrogens (tertiary/aromatic N) is 2. The minimum absolute atomic E-state index is 0.903. The summed E-state index contributed by atoms with van der Waals surface area (Å²) in [5.41, 5.74) is 2.52. The third-order valence-electron chi connectivity index (χ3n) is 3.91. The standard InChI is InChI=1S/C17H19BrN2OS/c1-20-9-8-19-17(20)14-7-10-22-16(14)6-3-12-11-13(18)4-5-15(12)21-2/h4-5,7,10-11H,3,6,8-9H2,1-2H3. The molecule has 1 aliphatic rings. The van der Waals surface area contributed by atoms with Crippen molar-refractivity contribution in [1.29, 1.82) is 0 Å². The van der Waals surface area contributed by atoms with Crippen LogP contribution in [-0.4, -0.2) is 38.0 Å². The Hall–Kier alpha value is -1.33. The fourth-order valence-corrected chi connectivity index (χ4v) is 4.03. The van der Waals surface area contributed by atoms with Gasteiger partial charge in [-0.05, 0) is 48.1 Å². The lowest BCUT2D eigenvalue weighted by atomic mass is 10.1. The van der Waals surface area contributed by atoms with Crippen LogP contribution in [0.2, 0.25) is 0 Å². The smallest absolute Gasteiger partial charge is 0.131 e. The van der Waals surface area contributed by atoms with Crippen molar-refractivity contribution in [1.82, 2.24) is 4.90 Å². The van der Waals surface area contributed by atoms with E-state index in [9.17, 15) is 0 Å². The Bertz CT molecular complexity index is 696. The Morgan fingerprint density at radius 1 is 1.32 bits per heavy atom. The van der Waals surface area contributed by atoms with Crippen molar-refractivity contribution in [3.63, 3.8) is 0 Å². The van der Waals surface area contributed by atoms with Crippen LogP contribution >= 0.6 is 27.3 Å². The second kappa shape index (κ2) is 6.84. The van der Waals surface area contributed by atoms with Crippen molar-refractivity contribution in [2.24, 2.45) is 4.99 Å². The van der Waals surface area contributed by atoms with Gasteiger partial charge in [0, 0.05) is 28.5 Å². The molecule has 3 rings (SSSR count). The van der Waals surface area contributed by atoms with Crippen molar-refractivity contribution >= 4 is 33.1 Å². The zero-order valence-corrected chi connectivity index (χ0v) is 15.2. The fraction of sp³-hybridized carbons (Fsp3) is 0.353. The molecule has 0 saturated heterocycles. The van der Waals surface area contributed by atoms with Crippen molar-refractivity contribution in [2.75, 3.05) is 27.2 Å². The molecule has 1 aromatic carbocycles. The number of likely N-dealkylation sites (N-methyl/N-ethyl adjacent to an activating group) is 1. The molecule has 116 valence electrons. The summed E-state index contributed by atoms with van der Waals surface area (Å²) in [4.78, 5) is 8.28. The third kappa shape index (κ3) is 3.20. The number of methoxy groups -OCH3 is 1. The maximum Gasteiger partial charge on any atom is 0.131 e. The average molecular weight is 379 g/mol. The highest BCUT2D eigenvalue weighted by atomic mass is 79.9. The molecule has 3 nitrogen and oxygen atoms in total. The molecule has 0 atom stereocenters. The molecule has 0 spiro atoms. The normalized spacial score (nSPS) is 14.3. The van der Waals surface area contributed by atoms with E-state index in [2.05, 4.69) is 50.4 Å². The van der Waals surface area contributed by atoms with E-state index in [0.29, 0.717) is 0 Å². The van der Waals surface area contributed by atoms with Gasteiger partial charge in [0.2, 0.25) is 0 Å². The van der Waals surface area contributed by atoms with E-state index >= 15 is 0 Å². The molecule has 0 saturated carbocycles. The summed E-state index contributed by atoms with van der Waals surface area (Å²) in [5, 5.41) is 2.16. The minimum atomic E-state index is 0.903. The Kier molecular flexibility index (Phi) is 4.84. The molecular weight excluding hydrogens is 360 g/mol. The average Bonchev–Trinajstić information content (AvgIpc) is 3.13. The molecule has 0 radical (unpaired) electrons. The monoisotopic (exact) mass is 378 g/mol. The van der Waals surface area contributed by atoms with Crippen molar-refractivity contribution in [2.45, 2.75) is 12.8 Å². The molecular formula is C17H19BrN2OS. The van der Waals surface area contributed by atoms with E-state index in [1.165, 1.54) is 16.0 Å². The maximum atomic E-state index is 5.47. The van der Waals surface area contributed by atoms with Gasteiger partial charge < -0.3 is 9.64 Å². The number of hydrogen-bond acceptors (Lipinski definition) is 4. The van der Waals surface area contributed by atoms with Gasteiger partial charge in [0.15, 0.2) is 0 Å². The number of benzene rings is 1. The molecule has 1 aliphatic heterocycles. The molecule has 22 heavy (non-hydrogen) atoms. The molecule has 0 amide bonds. The molecule has 0 unspecified atom stereocenters. The highest BCUT2D eigenvalue weighted by Gasteiger charge is 2.18. The quantitative estimate of drug-likeness (QED) is 0.785. The second-order valence-corrected chi connectivity index (χ2v) is 7.26. The first-order chi connectivity index (χ1) is 10.7. The van der Waals surface area contributed by atoms with Gasteiger partial charge in [-0.2, -0.15) is 0 Å². The van der Waals surface area contributed by atoms with Crippen molar-refractivity contribution < 1.29 is 4.74 Å². The molecule has 0 fully saturated rings. The Balaban J connectivity index is 1.78. The summed E-state index contributed by atoms with van der Waals surface area (Å²) >= 11 is 5.36. The van der Waals surface area contributed by atoms with E-state index in [1.54, 1.807) is 7.11 Å². The van der Waals surface area contributed by atoms with Gasteiger partial charge >= 0.3 is 0 Å². The highest BCUT2D eigenvalue weighted by molar-refractivity contribution is 9.10. The van der Waals surface area contributed by atoms with Gasteiger partial charge in [0.1, 0.15) is 11.6 Å². The molecule has 1 aromatic heterocycles. The zero-order chi connectivity index (χ0) is 15.5. The highest BCUT2D eigenvalue weighted by Crippen LogP contribution is 2.27. The van der Waals surface area contributed by atoms with Crippen LogP contribution in [0.1, 0.15) is 16.0 Å². The molecule has 2 aromatic rings. The summed E-state index contributed by atoms with van der Waals surface area (Å²) in [7, 11) is 3.84. The number of halogens is 1. The van der Waals surface area contributed by atoms with E-state index in [0.717, 1.165) is 42.0 Å². The zero-order valence-electron chi connectivity index (χ0n) is 12.8. The Morgan fingerprint density at radius 3 is 2.91 bits per heavy atom. The molecule has 5 heteroatoms. The SMILES string of the molecule is COc1ccc(Br)cc1CCc1sccc1C1=NCCN1C. The Morgan fingerprint density at radius 2 is 2.18 bits per heavy atom. The first-order valence-corrected chi connectivity index (χ1v) is 9.01. The van der Waals surface area contributed by atoms with Crippen LogP contribution in [0.3, 0.4) is 0 Å². The van der Waals surface area contributed by atoms with Crippen molar-refractivity contribution in [3.8, 4) is 5.75 Å². The van der Waals surface area contributed by atoms with Crippen molar-refractivity contribution in [3.05, 3.63) is 50.1 Å². The van der Waals surface area contributed by atoms with Gasteiger partial charge in [0.25, 0.3) is 0 Å². The largest absolute Gasteiger partial charge is 0.496 e. The summed E-state index contributed by atoms with van der Waals surface area (Å²) in [6, 6.07) is 8.37. The van der Waals surface area contributed by atoms with Crippen LogP contribution in [0.4, 0.5) is 0 Å². The molecule has 0 N–H and O–H groups in total. The van der Waals surface area contributed by atoms with Gasteiger partial charge in [0.05, 0.1) is 13.7 Å². The Labute approximate surface area is 143 Å². The number of aryl methyl sites for hydroxylation is 2. The first kappa shape index (κ1) is 15.6. The molecule has 2 heterocycles. The molecule has 0 bridgehead atoms. The number of aliphatic imine (C=N–C) groups is 1. The summed E-state index contributed by atoms with van der Waals surface area (Å²) in [5.74, 6) is 2.09. The summed E-state index contributed by atoms with van der Waals surface area (Å²) in [6.07, 6.45) is 1.97. The summed E-state index contributed by atoms with van der Waals surface area (Å²) < 4.78 is 6.56. The number of thiophene rings is 1. The van der Waals surface area contributed by atoms with Crippen LogP contribution < -0.4 is 4.74 Å². The third-order valence-corrected chi connectivity index (χ3v) is 5.38. The lowest BCUT2D eigenvalue weighted by Crippen LogP contribution is -2.23. The van der Waals surface area contributed by atoms with Crippen LogP contribution in [0, 0.1) is 0 Å². The van der Waals surface area contributed by atoms with E-state index < -0.39 is 0 Å². The maximum absolute atomic E-state index is 5.47. The second-order valence-electron chi connectivity index (χ2n) is 5.34. The summed E-state index contributed by atoms with van der Waals surface area (Å²) in [6.45, 7) is 1.92. The predicted octanol–water partition coefficient (Wildman–Crippen LogP) is 4.00. The molecule has 0 aliphatic carbocycles.